The van der Waals surface area contributed by atoms with Crippen LogP contribution in [-0.4, -0.2) is 96.9 Å². The lowest BCUT2D eigenvalue weighted by atomic mass is 10.1. The van der Waals surface area contributed by atoms with E-state index in [1.165, 1.54) is 10.8 Å². The van der Waals surface area contributed by atoms with Crippen LogP contribution in [0.4, 0.5) is 18.9 Å². The molecule has 272 valence electrons. The van der Waals surface area contributed by atoms with Crippen molar-refractivity contribution >= 4 is 39.4 Å². The molecule has 51 heavy (non-hydrogen) atoms. The van der Waals surface area contributed by atoms with Crippen LogP contribution in [0.5, 0.6) is 11.5 Å². The predicted molar refractivity (Wildman–Crippen MR) is 181 cm³/mol. The summed E-state index contributed by atoms with van der Waals surface area (Å²) < 4.78 is 56.2. The van der Waals surface area contributed by atoms with E-state index < -0.39 is 45.8 Å². The van der Waals surface area contributed by atoms with Crippen molar-refractivity contribution in [2.45, 2.75) is 25.9 Å². The highest BCUT2D eigenvalue weighted by Gasteiger charge is 2.31. The van der Waals surface area contributed by atoms with Gasteiger partial charge in [0.15, 0.2) is 23.1 Å². The normalized spacial score (nSPS) is 19.2. The highest BCUT2D eigenvalue weighted by atomic mass is 19.2. The summed E-state index contributed by atoms with van der Waals surface area (Å²) in [5.74, 6) is -5.75. The van der Waals surface area contributed by atoms with Crippen LogP contribution in [0.2, 0.25) is 0 Å². The zero-order valence-electron chi connectivity index (χ0n) is 27.9. The van der Waals surface area contributed by atoms with E-state index in [1.54, 1.807) is 11.5 Å². The van der Waals surface area contributed by atoms with Crippen LogP contribution in [-0.2, 0) is 0 Å². The van der Waals surface area contributed by atoms with Crippen molar-refractivity contribution in [1.29, 1.82) is 0 Å². The number of carboxylic acid groups (broad SMARTS) is 2. The zero-order chi connectivity index (χ0) is 36.6. The van der Waals surface area contributed by atoms with Crippen molar-refractivity contribution in [3.63, 3.8) is 0 Å². The van der Waals surface area contributed by atoms with Gasteiger partial charge in [-0.05, 0) is 26.0 Å². The van der Waals surface area contributed by atoms with Gasteiger partial charge in [0, 0.05) is 64.8 Å². The maximum absolute atomic E-state index is 14.9. The number of piperazine rings is 2. The van der Waals surface area contributed by atoms with E-state index in [4.69, 9.17) is 14.6 Å². The number of hydrogen-bond acceptors (Lipinski definition) is 10. The molecule has 6 heterocycles. The van der Waals surface area contributed by atoms with Crippen molar-refractivity contribution in [3.8, 4) is 11.5 Å². The van der Waals surface area contributed by atoms with Gasteiger partial charge in [-0.2, -0.15) is 4.39 Å². The molecule has 2 aromatic heterocycles. The molecule has 4 aliphatic heterocycles. The summed E-state index contributed by atoms with van der Waals surface area (Å²) in [4.78, 5) is 48.9. The molecule has 2 aromatic carbocycles. The number of aromatic nitrogens is 2. The fourth-order valence-corrected chi connectivity index (χ4v) is 6.50. The van der Waals surface area contributed by atoms with Gasteiger partial charge in [0.05, 0.1) is 33.9 Å². The predicted octanol–water partition coefficient (Wildman–Crippen LogP) is 2.31. The number of rotatable bonds is 3. The Morgan fingerprint density at radius 1 is 0.706 bits per heavy atom. The monoisotopic (exact) mass is 714 g/mol. The third kappa shape index (κ3) is 6.71. The second kappa shape index (κ2) is 14.6. The highest BCUT2D eigenvalue weighted by molar-refractivity contribution is 5.97. The SMILES string of the molecule is C1CNCCN1.C[C@H]1COc2c(F)c(F)cc3c(=O)c(C(=O)O)cn1c23.C[C@H]1COc2c(N3CCNCC3)c(F)cc3c(=O)c(C(=O)O)cn1c23. The largest absolute Gasteiger partial charge is 0.487 e. The summed E-state index contributed by atoms with van der Waals surface area (Å²) in [6.45, 7) is 11.2. The fourth-order valence-electron chi connectivity index (χ4n) is 6.50. The van der Waals surface area contributed by atoms with E-state index in [1.807, 2.05) is 11.8 Å². The molecule has 4 aromatic rings. The lowest BCUT2D eigenvalue weighted by molar-refractivity contribution is 0.0683. The van der Waals surface area contributed by atoms with Crippen LogP contribution in [0, 0.1) is 17.5 Å². The van der Waals surface area contributed by atoms with Gasteiger partial charge in [0.1, 0.15) is 30.0 Å². The van der Waals surface area contributed by atoms with Crippen LogP contribution < -0.4 is 41.2 Å². The molecule has 4 aliphatic rings. The Labute approximate surface area is 288 Å². The first-order valence-corrected chi connectivity index (χ1v) is 16.5. The van der Waals surface area contributed by atoms with Crippen LogP contribution in [0.1, 0.15) is 46.6 Å². The molecule has 0 unspecified atom stereocenters. The minimum atomic E-state index is -1.41. The summed E-state index contributed by atoms with van der Waals surface area (Å²) in [6.07, 6.45) is 2.48. The number of hydrogen-bond donors (Lipinski definition) is 5. The molecule has 8 rings (SSSR count). The standard InChI is InChI=1S/C17H18FN3O4.C13H9F2NO4.C4H10N2/c1-9-8-25-16-13-10(15(22)11(17(23)24)7-21(9)13)6-12(18)14(16)20-4-2-19-3-5-20;1-5-4-20-12-9(15)8(14)2-6-10(12)16(5)3-7(11(6)17)13(18)19;1-2-6-4-3-5-1/h6-7,9,19H,2-5,8H2,1H3,(H,23,24);2-3,5H,4H2,1H3,(H,18,19);5-6H,1-4H2/t9-;5-;/m00./s1. The number of ether oxygens (including phenoxy) is 2. The molecule has 0 radical (unpaired) electrons. The molecule has 2 fully saturated rings. The Bertz CT molecular complexity index is 2130. The Balaban J connectivity index is 0.000000154. The minimum Gasteiger partial charge on any atom is -0.487 e. The van der Waals surface area contributed by atoms with E-state index in [-0.39, 0.29) is 52.9 Å². The first kappa shape index (κ1) is 35.7. The first-order chi connectivity index (χ1) is 24.4. The number of pyridine rings is 2. The van der Waals surface area contributed by atoms with Gasteiger partial charge in [0.25, 0.3) is 0 Å². The van der Waals surface area contributed by atoms with E-state index in [2.05, 4.69) is 16.0 Å². The van der Waals surface area contributed by atoms with Crippen LogP contribution in [0.15, 0.2) is 34.1 Å². The number of halogens is 3. The summed E-state index contributed by atoms with van der Waals surface area (Å²) in [5.41, 5.74) is -1.51. The molecular weight excluding hydrogens is 677 g/mol. The van der Waals surface area contributed by atoms with Crippen LogP contribution in [0.3, 0.4) is 0 Å². The topological polar surface area (TPSA) is 176 Å². The number of nitrogens with one attached hydrogen (secondary N) is 3. The van der Waals surface area contributed by atoms with Crippen molar-refractivity contribution < 1.29 is 42.4 Å². The molecule has 0 aliphatic carbocycles. The molecule has 17 heteroatoms. The lowest BCUT2D eigenvalue weighted by Gasteiger charge is -2.34. The summed E-state index contributed by atoms with van der Waals surface area (Å²) in [5, 5.41) is 27.8. The zero-order valence-corrected chi connectivity index (χ0v) is 27.9. The third-order valence-electron chi connectivity index (χ3n) is 9.10. The maximum Gasteiger partial charge on any atom is 0.341 e. The van der Waals surface area contributed by atoms with E-state index in [0.29, 0.717) is 36.1 Å². The van der Waals surface area contributed by atoms with Gasteiger partial charge in [-0.25, -0.2) is 18.4 Å². The fraction of sp³-hybridized carbons (Fsp3) is 0.412. The van der Waals surface area contributed by atoms with Gasteiger partial charge in [-0.15, -0.1) is 0 Å². The smallest absolute Gasteiger partial charge is 0.341 e. The molecule has 2 saturated heterocycles. The van der Waals surface area contributed by atoms with E-state index in [9.17, 15) is 37.5 Å². The molecule has 5 N–H and O–H groups in total. The van der Waals surface area contributed by atoms with Crippen molar-refractivity contribution in [2.75, 3.05) is 70.5 Å². The Kier molecular flexibility index (Phi) is 10.2. The summed E-state index contributed by atoms with van der Waals surface area (Å²) in [7, 11) is 0. The van der Waals surface area contributed by atoms with Crippen molar-refractivity contribution in [3.05, 3.63) is 73.6 Å². The molecule has 0 spiro atoms. The van der Waals surface area contributed by atoms with Gasteiger partial charge >= 0.3 is 11.9 Å². The number of carboxylic acids is 2. The molecule has 0 bridgehead atoms. The Morgan fingerprint density at radius 2 is 1.14 bits per heavy atom. The van der Waals surface area contributed by atoms with Crippen LogP contribution >= 0.6 is 0 Å². The molecule has 14 nitrogen and oxygen atoms in total. The van der Waals surface area contributed by atoms with Crippen molar-refractivity contribution in [1.82, 2.24) is 25.1 Å². The van der Waals surface area contributed by atoms with Crippen molar-refractivity contribution in [2.24, 2.45) is 0 Å². The quantitative estimate of drug-likeness (QED) is 0.210. The highest BCUT2D eigenvalue weighted by Crippen LogP contribution is 2.42. The number of aromatic carboxylic acids is 2. The van der Waals surface area contributed by atoms with Gasteiger partial charge < -0.3 is 49.7 Å². The number of carbonyl (C=O) groups is 2. The molecule has 0 saturated carbocycles. The van der Waals surface area contributed by atoms with Gasteiger partial charge in [-0.1, -0.05) is 0 Å². The van der Waals surface area contributed by atoms with Gasteiger partial charge in [-0.3, -0.25) is 9.59 Å². The minimum absolute atomic E-state index is 0.0397. The Morgan fingerprint density at radius 3 is 1.61 bits per heavy atom. The average molecular weight is 715 g/mol. The number of nitrogens with zero attached hydrogens (tertiary/aromatic N) is 3. The van der Waals surface area contributed by atoms with E-state index in [0.717, 1.165) is 51.5 Å². The maximum atomic E-state index is 14.9. The lowest BCUT2D eigenvalue weighted by Crippen LogP contribution is -2.44. The third-order valence-corrected chi connectivity index (χ3v) is 9.10. The molecular formula is C34H37F3N6O8. The van der Waals surface area contributed by atoms with Gasteiger partial charge in [0.2, 0.25) is 16.7 Å². The second-order valence-electron chi connectivity index (χ2n) is 12.6. The van der Waals surface area contributed by atoms with Crippen LogP contribution in [0.25, 0.3) is 21.8 Å². The first-order valence-electron chi connectivity index (χ1n) is 16.5. The number of benzene rings is 2. The second-order valence-corrected chi connectivity index (χ2v) is 12.6. The van der Waals surface area contributed by atoms with E-state index >= 15 is 0 Å². The summed E-state index contributed by atoms with van der Waals surface area (Å²) >= 11 is 0. The summed E-state index contributed by atoms with van der Waals surface area (Å²) in [6, 6.07) is 1.40. The molecule has 0 amide bonds. The average Bonchev–Trinajstić information content (AvgIpc) is 3.12. The Hall–Kier alpha value is -5.13. The molecule has 2 atom stereocenters. The number of anilines is 1.